The quantitative estimate of drug-likeness (QED) is 0.739. The van der Waals surface area contributed by atoms with Gasteiger partial charge in [0.15, 0.2) is 0 Å². The molecule has 1 aromatic rings. The topological polar surface area (TPSA) is 46.6 Å². The van der Waals surface area contributed by atoms with Gasteiger partial charge in [-0.3, -0.25) is 14.5 Å². The molecular weight excluding hydrogens is 230 g/mol. The van der Waals surface area contributed by atoms with E-state index in [9.17, 15) is 9.59 Å². The lowest BCUT2D eigenvalue weighted by molar-refractivity contribution is -0.139. The molecule has 1 aliphatic heterocycles. The summed E-state index contributed by atoms with van der Waals surface area (Å²) in [5, 5.41) is 0. The maximum absolute atomic E-state index is 11.4. The van der Waals surface area contributed by atoms with Crippen LogP contribution in [-0.4, -0.2) is 29.4 Å². The molecule has 2 amide bonds. The Labute approximate surface area is 106 Å². The first-order chi connectivity index (χ1) is 8.66. The number of rotatable bonds is 5. The van der Waals surface area contributed by atoms with Gasteiger partial charge in [-0.05, 0) is 12.5 Å². The van der Waals surface area contributed by atoms with Gasteiger partial charge in [0.25, 0.3) is 11.8 Å². The number of nitrogens with zero attached hydrogens (tertiary/aromatic N) is 1. The Balaban J connectivity index is 1.81. The number of carbonyl (C=O) groups excluding carboxylic acids is 2. The monoisotopic (exact) mass is 245 g/mol. The standard InChI is InChI=1S/C14H15NO3/c1-11(9-15-13(16)7-8-14(15)17)18-10-12-5-3-2-4-6-12/h2-8,11H,9-10H2,1H3. The van der Waals surface area contributed by atoms with Crippen molar-refractivity contribution in [1.82, 2.24) is 4.90 Å². The molecule has 1 unspecified atom stereocenters. The molecule has 0 N–H and O–H groups in total. The minimum Gasteiger partial charge on any atom is -0.372 e. The number of benzene rings is 1. The van der Waals surface area contributed by atoms with E-state index >= 15 is 0 Å². The van der Waals surface area contributed by atoms with Gasteiger partial charge < -0.3 is 4.74 Å². The number of amides is 2. The van der Waals surface area contributed by atoms with Gasteiger partial charge in [-0.15, -0.1) is 0 Å². The number of hydrogen-bond donors (Lipinski definition) is 0. The fourth-order valence-electron chi connectivity index (χ4n) is 1.73. The fraction of sp³-hybridized carbons (Fsp3) is 0.286. The van der Waals surface area contributed by atoms with E-state index in [0.717, 1.165) is 5.56 Å². The first kappa shape index (κ1) is 12.5. The highest BCUT2D eigenvalue weighted by molar-refractivity contribution is 6.12. The van der Waals surface area contributed by atoms with E-state index in [-0.39, 0.29) is 24.5 Å². The molecule has 1 heterocycles. The van der Waals surface area contributed by atoms with Crippen molar-refractivity contribution in [1.29, 1.82) is 0 Å². The van der Waals surface area contributed by atoms with Crippen molar-refractivity contribution >= 4 is 11.8 Å². The van der Waals surface area contributed by atoms with Crippen LogP contribution < -0.4 is 0 Å². The molecule has 94 valence electrons. The van der Waals surface area contributed by atoms with Crippen LogP contribution in [0.15, 0.2) is 42.5 Å². The number of imide groups is 1. The second kappa shape index (κ2) is 5.60. The van der Waals surface area contributed by atoms with Gasteiger partial charge in [-0.1, -0.05) is 30.3 Å². The molecule has 1 aliphatic rings. The largest absolute Gasteiger partial charge is 0.372 e. The fourth-order valence-corrected chi connectivity index (χ4v) is 1.73. The Hall–Kier alpha value is -1.94. The second-order valence-electron chi connectivity index (χ2n) is 4.23. The summed E-state index contributed by atoms with van der Waals surface area (Å²) in [5.74, 6) is -0.537. The Morgan fingerprint density at radius 1 is 1.11 bits per heavy atom. The van der Waals surface area contributed by atoms with Gasteiger partial charge >= 0.3 is 0 Å². The molecule has 18 heavy (non-hydrogen) atoms. The van der Waals surface area contributed by atoms with Crippen LogP contribution in [0, 0.1) is 0 Å². The molecule has 4 nitrogen and oxygen atoms in total. The SMILES string of the molecule is CC(CN1C(=O)C=CC1=O)OCc1ccccc1. The Morgan fingerprint density at radius 2 is 1.72 bits per heavy atom. The molecule has 0 aromatic heterocycles. The highest BCUT2D eigenvalue weighted by Gasteiger charge is 2.24. The minimum atomic E-state index is -0.268. The molecule has 2 rings (SSSR count). The zero-order chi connectivity index (χ0) is 13.0. The Bertz CT molecular complexity index is 449. The van der Waals surface area contributed by atoms with Crippen molar-refractivity contribution in [3.8, 4) is 0 Å². The van der Waals surface area contributed by atoms with Crippen LogP contribution in [0.3, 0.4) is 0 Å². The van der Waals surface area contributed by atoms with Crippen molar-refractivity contribution in [3.63, 3.8) is 0 Å². The van der Waals surface area contributed by atoms with Crippen LogP contribution >= 0.6 is 0 Å². The van der Waals surface area contributed by atoms with E-state index in [1.54, 1.807) is 0 Å². The smallest absolute Gasteiger partial charge is 0.253 e. The first-order valence-electron chi connectivity index (χ1n) is 5.86. The summed E-state index contributed by atoms with van der Waals surface area (Å²) in [6.07, 6.45) is 2.39. The summed E-state index contributed by atoms with van der Waals surface area (Å²) < 4.78 is 5.61. The lowest BCUT2D eigenvalue weighted by Gasteiger charge is -2.19. The maximum atomic E-state index is 11.4. The molecule has 0 saturated heterocycles. The van der Waals surface area contributed by atoms with E-state index in [2.05, 4.69) is 0 Å². The Morgan fingerprint density at radius 3 is 2.33 bits per heavy atom. The number of carbonyl (C=O) groups is 2. The molecule has 0 saturated carbocycles. The highest BCUT2D eigenvalue weighted by atomic mass is 16.5. The van der Waals surface area contributed by atoms with E-state index in [1.807, 2.05) is 37.3 Å². The van der Waals surface area contributed by atoms with Crippen LogP contribution in [0.25, 0.3) is 0 Å². The molecule has 0 spiro atoms. The summed E-state index contributed by atoms with van der Waals surface area (Å²) in [6, 6.07) is 9.78. The molecular formula is C14H15NO3. The summed E-state index contributed by atoms with van der Waals surface area (Å²) >= 11 is 0. The van der Waals surface area contributed by atoms with Gasteiger partial charge in [0.2, 0.25) is 0 Å². The summed E-state index contributed by atoms with van der Waals surface area (Å²) in [7, 11) is 0. The zero-order valence-electron chi connectivity index (χ0n) is 10.2. The number of hydrogen-bond acceptors (Lipinski definition) is 3. The molecule has 0 bridgehead atoms. The van der Waals surface area contributed by atoms with Crippen LogP contribution in [0.2, 0.25) is 0 Å². The van der Waals surface area contributed by atoms with Crippen LogP contribution in [0.1, 0.15) is 12.5 Å². The van der Waals surface area contributed by atoms with E-state index in [0.29, 0.717) is 6.61 Å². The molecule has 0 aliphatic carbocycles. The number of ether oxygens (including phenoxy) is 1. The molecule has 0 radical (unpaired) electrons. The predicted octanol–water partition coefficient (Wildman–Crippen LogP) is 1.52. The average Bonchev–Trinajstić information content (AvgIpc) is 2.69. The van der Waals surface area contributed by atoms with Gasteiger partial charge in [-0.25, -0.2) is 0 Å². The maximum Gasteiger partial charge on any atom is 0.253 e. The van der Waals surface area contributed by atoms with E-state index < -0.39 is 0 Å². The summed E-state index contributed by atoms with van der Waals surface area (Å²) in [4.78, 5) is 23.9. The third kappa shape index (κ3) is 3.05. The van der Waals surface area contributed by atoms with E-state index in [1.165, 1.54) is 17.1 Å². The third-order valence-electron chi connectivity index (χ3n) is 2.72. The van der Waals surface area contributed by atoms with Gasteiger partial charge in [-0.2, -0.15) is 0 Å². The molecule has 1 atom stereocenters. The van der Waals surface area contributed by atoms with Crippen LogP contribution in [-0.2, 0) is 20.9 Å². The highest BCUT2D eigenvalue weighted by Crippen LogP contribution is 2.08. The zero-order valence-corrected chi connectivity index (χ0v) is 10.2. The molecule has 0 fully saturated rings. The summed E-state index contributed by atoms with van der Waals surface area (Å²) in [6.45, 7) is 2.62. The lowest BCUT2D eigenvalue weighted by atomic mass is 10.2. The van der Waals surface area contributed by atoms with Gasteiger partial charge in [0, 0.05) is 12.2 Å². The van der Waals surface area contributed by atoms with Gasteiger partial charge in [0.05, 0.1) is 19.3 Å². The normalized spacial score (nSPS) is 16.4. The van der Waals surface area contributed by atoms with Crippen molar-refractivity contribution in [2.24, 2.45) is 0 Å². The average molecular weight is 245 g/mol. The van der Waals surface area contributed by atoms with E-state index in [4.69, 9.17) is 4.74 Å². The molecule has 1 aromatic carbocycles. The Kier molecular flexibility index (Phi) is 3.89. The lowest BCUT2D eigenvalue weighted by Crippen LogP contribution is -2.36. The predicted molar refractivity (Wildman–Crippen MR) is 66.6 cm³/mol. The van der Waals surface area contributed by atoms with Crippen molar-refractivity contribution in [2.45, 2.75) is 19.6 Å². The third-order valence-corrected chi connectivity index (χ3v) is 2.72. The van der Waals surface area contributed by atoms with Crippen LogP contribution in [0.4, 0.5) is 0 Å². The first-order valence-corrected chi connectivity index (χ1v) is 5.86. The minimum absolute atomic E-state index is 0.182. The van der Waals surface area contributed by atoms with Gasteiger partial charge in [0.1, 0.15) is 0 Å². The van der Waals surface area contributed by atoms with Crippen molar-refractivity contribution in [2.75, 3.05) is 6.54 Å². The van der Waals surface area contributed by atoms with Crippen molar-refractivity contribution < 1.29 is 14.3 Å². The second-order valence-corrected chi connectivity index (χ2v) is 4.23. The summed E-state index contributed by atoms with van der Waals surface area (Å²) in [5.41, 5.74) is 1.07. The van der Waals surface area contributed by atoms with Crippen LogP contribution in [0.5, 0.6) is 0 Å². The molecule has 4 heteroatoms. The van der Waals surface area contributed by atoms with Crippen molar-refractivity contribution in [3.05, 3.63) is 48.0 Å².